The summed E-state index contributed by atoms with van der Waals surface area (Å²) >= 11 is 0. The van der Waals surface area contributed by atoms with Crippen molar-refractivity contribution in [1.82, 2.24) is 10.2 Å². The average Bonchev–Trinajstić information content (AvgIpc) is 3.15. The van der Waals surface area contributed by atoms with Crippen LogP contribution in [0.2, 0.25) is 0 Å². The van der Waals surface area contributed by atoms with Crippen LogP contribution in [0.15, 0.2) is 12.7 Å². The summed E-state index contributed by atoms with van der Waals surface area (Å²) in [4.78, 5) is 37.6. The molecule has 2 aliphatic rings. The van der Waals surface area contributed by atoms with E-state index in [2.05, 4.69) is 11.9 Å². The molecule has 1 N–H and O–H groups in total. The summed E-state index contributed by atoms with van der Waals surface area (Å²) in [6.45, 7) is 6.74. The molecule has 1 heterocycles. The Morgan fingerprint density at radius 3 is 2.83 bits per heavy atom. The molecule has 1 aliphatic carbocycles. The van der Waals surface area contributed by atoms with Crippen molar-refractivity contribution in [2.45, 2.75) is 69.6 Å². The molecule has 0 aromatic rings. The van der Waals surface area contributed by atoms with Gasteiger partial charge < -0.3 is 19.7 Å². The van der Waals surface area contributed by atoms with E-state index in [1.165, 1.54) is 0 Å². The average molecular weight is 336 g/mol. The van der Waals surface area contributed by atoms with E-state index in [0.29, 0.717) is 32.4 Å². The highest BCUT2D eigenvalue weighted by atomic mass is 16.5. The van der Waals surface area contributed by atoms with Crippen molar-refractivity contribution in [3.05, 3.63) is 12.7 Å². The van der Waals surface area contributed by atoms with E-state index < -0.39 is 11.6 Å². The van der Waals surface area contributed by atoms with Crippen LogP contribution in [-0.4, -0.2) is 53.8 Å². The van der Waals surface area contributed by atoms with Gasteiger partial charge in [0.05, 0.1) is 18.1 Å². The number of ether oxygens (including phenoxy) is 1. The third kappa shape index (κ3) is 4.90. The number of carbonyl (C=O) groups is 3. The maximum Gasteiger partial charge on any atom is 0.243 e. The molecule has 24 heavy (non-hydrogen) atoms. The zero-order valence-electron chi connectivity index (χ0n) is 14.5. The van der Waals surface area contributed by atoms with Gasteiger partial charge in [-0.15, -0.1) is 6.58 Å². The molecule has 2 rings (SSSR count). The lowest BCUT2D eigenvalue weighted by Crippen LogP contribution is -2.50. The molecule has 6 heteroatoms. The maximum atomic E-state index is 12.5. The summed E-state index contributed by atoms with van der Waals surface area (Å²) in [6, 6.07) is -0.456. The number of nitrogens with zero attached hydrogens (tertiary/aromatic N) is 1. The molecule has 2 amide bonds. The minimum atomic E-state index is -0.671. The van der Waals surface area contributed by atoms with Gasteiger partial charge in [0, 0.05) is 13.2 Å². The summed E-state index contributed by atoms with van der Waals surface area (Å²) < 4.78 is 5.64. The van der Waals surface area contributed by atoms with Crippen LogP contribution in [0.3, 0.4) is 0 Å². The fraction of sp³-hybridized carbons (Fsp3) is 0.722. The lowest BCUT2D eigenvalue weighted by atomic mass is 10.1. The number of aldehydes is 1. The Balaban J connectivity index is 1.80. The van der Waals surface area contributed by atoms with Crippen LogP contribution < -0.4 is 5.32 Å². The van der Waals surface area contributed by atoms with E-state index >= 15 is 0 Å². The maximum absolute atomic E-state index is 12.5. The molecule has 134 valence electrons. The van der Waals surface area contributed by atoms with Crippen LogP contribution >= 0.6 is 0 Å². The van der Waals surface area contributed by atoms with E-state index in [1.807, 2.05) is 13.0 Å². The standard InChI is InChI=1S/C18H28N2O4/c1-3-4-5-11-24-14(2)12-16(22)20-10-6-7-15(20)17(23)19-18(13-21)8-9-18/h3,13-15H,1,4-12H2,2H3,(H,19,23). The molecular weight excluding hydrogens is 308 g/mol. The van der Waals surface area contributed by atoms with Gasteiger partial charge >= 0.3 is 0 Å². The normalized spacial score (nSPS) is 22.7. The third-order valence-corrected chi connectivity index (χ3v) is 4.68. The largest absolute Gasteiger partial charge is 0.378 e. The van der Waals surface area contributed by atoms with Crippen molar-refractivity contribution in [2.24, 2.45) is 0 Å². The molecular formula is C18H28N2O4. The van der Waals surface area contributed by atoms with Crippen molar-refractivity contribution < 1.29 is 19.1 Å². The molecule has 2 unspecified atom stereocenters. The van der Waals surface area contributed by atoms with Crippen molar-refractivity contribution in [1.29, 1.82) is 0 Å². The van der Waals surface area contributed by atoms with Gasteiger partial charge in [0.1, 0.15) is 12.3 Å². The van der Waals surface area contributed by atoms with Crippen molar-refractivity contribution in [2.75, 3.05) is 13.2 Å². The van der Waals surface area contributed by atoms with Gasteiger partial charge in [0.15, 0.2) is 0 Å². The Hall–Kier alpha value is -1.69. The Labute approximate surface area is 143 Å². The van der Waals surface area contributed by atoms with E-state index in [4.69, 9.17) is 4.74 Å². The molecule has 0 bridgehead atoms. The van der Waals surface area contributed by atoms with Crippen molar-refractivity contribution in [3.8, 4) is 0 Å². The van der Waals surface area contributed by atoms with Crippen LogP contribution in [0.1, 0.15) is 51.9 Å². The minimum Gasteiger partial charge on any atom is -0.378 e. The summed E-state index contributed by atoms with van der Waals surface area (Å²) in [7, 11) is 0. The lowest BCUT2D eigenvalue weighted by Gasteiger charge is -2.26. The third-order valence-electron chi connectivity index (χ3n) is 4.68. The van der Waals surface area contributed by atoms with E-state index in [9.17, 15) is 14.4 Å². The first-order chi connectivity index (χ1) is 11.5. The number of likely N-dealkylation sites (tertiary alicyclic amines) is 1. The molecule has 0 aromatic carbocycles. The summed E-state index contributed by atoms with van der Waals surface area (Å²) in [6.07, 6.45) is 7.40. The second kappa shape index (κ2) is 8.42. The van der Waals surface area contributed by atoms with E-state index in [1.54, 1.807) is 4.90 Å². The van der Waals surface area contributed by atoms with Gasteiger partial charge in [0.25, 0.3) is 0 Å². The second-order valence-electron chi connectivity index (χ2n) is 6.82. The van der Waals surface area contributed by atoms with Crippen LogP contribution in [0.25, 0.3) is 0 Å². The Bertz CT molecular complexity index is 487. The molecule has 2 fully saturated rings. The van der Waals surface area contributed by atoms with Gasteiger partial charge in [-0.05, 0) is 45.4 Å². The van der Waals surface area contributed by atoms with Gasteiger partial charge in [-0.3, -0.25) is 9.59 Å². The number of nitrogens with one attached hydrogen (secondary N) is 1. The number of hydrogen-bond acceptors (Lipinski definition) is 4. The van der Waals surface area contributed by atoms with Crippen LogP contribution in [0.5, 0.6) is 0 Å². The Morgan fingerprint density at radius 1 is 1.46 bits per heavy atom. The fourth-order valence-corrected chi connectivity index (χ4v) is 3.01. The molecule has 2 atom stereocenters. The zero-order valence-corrected chi connectivity index (χ0v) is 14.5. The molecule has 0 aromatic heterocycles. The molecule has 1 aliphatic heterocycles. The highest BCUT2D eigenvalue weighted by Gasteiger charge is 2.46. The second-order valence-corrected chi connectivity index (χ2v) is 6.82. The number of carbonyl (C=O) groups excluding carboxylic acids is 3. The van der Waals surface area contributed by atoms with E-state index in [0.717, 1.165) is 25.5 Å². The van der Waals surface area contributed by atoms with E-state index in [-0.39, 0.29) is 24.3 Å². The molecule has 1 saturated carbocycles. The van der Waals surface area contributed by atoms with Gasteiger partial charge in [-0.25, -0.2) is 0 Å². The molecule has 1 saturated heterocycles. The monoisotopic (exact) mass is 336 g/mol. The predicted octanol–water partition coefficient (Wildman–Crippen LogP) is 1.59. The topological polar surface area (TPSA) is 75.7 Å². The number of unbranched alkanes of at least 4 members (excludes halogenated alkanes) is 1. The summed E-state index contributed by atoms with van der Waals surface area (Å²) in [5.74, 6) is -0.259. The van der Waals surface area contributed by atoms with Gasteiger partial charge in [0.2, 0.25) is 11.8 Å². The highest BCUT2D eigenvalue weighted by molar-refractivity contribution is 5.91. The first-order valence-corrected chi connectivity index (χ1v) is 8.81. The van der Waals surface area contributed by atoms with Crippen molar-refractivity contribution >= 4 is 18.1 Å². The zero-order chi connectivity index (χ0) is 17.6. The Morgan fingerprint density at radius 2 is 2.21 bits per heavy atom. The molecule has 0 radical (unpaired) electrons. The number of allylic oxidation sites excluding steroid dienone is 1. The van der Waals surface area contributed by atoms with Gasteiger partial charge in [-0.1, -0.05) is 6.08 Å². The fourth-order valence-electron chi connectivity index (χ4n) is 3.01. The smallest absolute Gasteiger partial charge is 0.243 e. The lowest BCUT2D eigenvalue weighted by molar-refractivity contribution is -0.141. The SMILES string of the molecule is C=CCCCOC(C)CC(=O)N1CCCC1C(=O)NC1(C=O)CC1. The highest BCUT2D eigenvalue weighted by Crippen LogP contribution is 2.33. The number of rotatable bonds is 10. The van der Waals surface area contributed by atoms with Crippen LogP contribution in [0, 0.1) is 0 Å². The minimum absolute atomic E-state index is 0.0557. The molecule has 6 nitrogen and oxygen atoms in total. The first-order valence-electron chi connectivity index (χ1n) is 8.81. The number of amides is 2. The van der Waals surface area contributed by atoms with Gasteiger partial charge in [-0.2, -0.15) is 0 Å². The quantitative estimate of drug-likeness (QED) is 0.373. The summed E-state index contributed by atoms with van der Waals surface area (Å²) in [5.41, 5.74) is -0.671. The first kappa shape index (κ1) is 18.6. The van der Waals surface area contributed by atoms with Crippen LogP contribution in [-0.2, 0) is 19.1 Å². The summed E-state index contributed by atoms with van der Waals surface area (Å²) in [5, 5.41) is 2.80. The predicted molar refractivity (Wildman–Crippen MR) is 90.4 cm³/mol. The molecule has 0 spiro atoms. The Kier molecular flexibility index (Phi) is 6.54. The number of hydrogen-bond donors (Lipinski definition) is 1. The van der Waals surface area contributed by atoms with Crippen molar-refractivity contribution in [3.63, 3.8) is 0 Å². The van der Waals surface area contributed by atoms with Crippen LogP contribution in [0.4, 0.5) is 0 Å².